The van der Waals surface area contributed by atoms with Crippen LogP contribution in [0, 0.1) is 12.2 Å². The molecule has 0 aliphatic heterocycles. The fourth-order valence-electron chi connectivity index (χ4n) is 9.02. The van der Waals surface area contributed by atoms with Gasteiger partial charge in [0.25, 0.3) is 0 Å². The summed E-state index contributed by atoms with van der Waals surface area (Å²) in [5, 5.41) is 10.8. The largest absolute Gasteiger partial charge is 0.126 e. The molecule has 78 heavy (non-hydrogen) atoms. The molecule has 12 aromatic rings. The SMILES string of the molecule is [C-]1=CC(c2ccccc2)=CC1.[C-]1=CC(c2ccccc2)=CC1.[Cl-].[Cl-].[Zr+2]=[C](c1ccccc1)c1ccccc1.[Zr+2]=[C](c1ccccc1)c1ccccc1.c1ccc2c(c1)[cH-]c1ccccc12.c1ccc2c(c1)[cH-]c1ccccc12. The molecule has 0 unspecified atom stereocenters. The van der Waals surface area contributed by atoms with Crippen LogP contribution in [0.4, 0.5) is 0 Å². The third-order valence-electron chi connectivity index (χ3n) is 12.9. The second-order valence-corrected chi connectivity index (χ2v) is 20.5. The van der Waals surface area contributed by atoms with Crippen LogP contribution in [0.2, 0.25) is 0 Å². The van der Waals surface area contributed by atoms with Crippen molar-refractivity contribution in [3.63, 3.8) is 0 Å². The van der Waals surface area contributed by atoms with E-state index in [1.54, 1.807) is 0 Å². The van der Waals surface area contributed by atoms with Gasteiger partial charge in [-0.15, -0.1) is 103 Å². The van der Waals surface area contributed by atoms with Crippen LogP contribution in [0.15, 0.2) is 315 Å². The first kappa shape index (κ1) is 58.7. The van der Waals surface area contributed by atoms with Crippen molar-refractivity contribution in [1.82, 2.24) is 0 Å². The molecule has 0 saturated heterocycles. The van der Waals surface area contributed by atoms with Crippen molar-refractivity contribution in [2.45, 2.75) is 12.8 Å². The molecule has 0 N–H and O–H groups in total. The first-order chi connectivity index (χ1) is 37.6. The third kappa shape index (κ3) is 16.5. The predicted molar refractivity (Wildman–Crippen MR) is 320 cm³/mol. The first-order valence-corrected chi connectivity index (χ1v) is 28.1. The van der Waals surface area contributed by atoms with Crippen LogP contribution in [0.25, 0.3) is 54.2 Å². The van der Waals surface area contributed by atoms with Gasteiger partial charge in [-0.3, -0.25) is 12.2 Å². The molecule has 0 radical (unpaired) electrons. The number of hydrogen-bond acceptors (Lipinski definition) is 0. The Balaban J connectivity index is 0.000000135. The molecule has 0 nitrogen and oxygen atoms in total. The Kier molecular flexibility index (Phi) is 23.6. The molecule has 0 heterocycles. The van der Waals surface area contributed by atoms with E-state index in [-0.39, 0.29) is 24.8 Å². The van der Waals surface area contributed by atoms with Gasteiger partial charge in [-0.25, -0.2) is 12.2 Å². The summed E-state index contributed by atoms with van der Waals surface area (Å²) in [4.78, 5) is 0. The van der Waals surface area contributed by atoms with E-state index in [1.165, 1.54) is 142 Å². The second-order valence-electron chi connectivity index (χ2n) is 18.0. The number of hydrogen-bond donors (Lipinski definition) is 0. The van der Waals surface area contributed by atoms with Gasteiger partial charge in [0, 0.05) is 0 Å². The summed E-state index contributed by atoms with van der Waals surface area (Å²) < 4.78 is 2.83. The Hall–Kier alpha value is -7.01. The smallest absolute Gasteiger partial charge is 0.0771 e. The van der Waals surface area contributed by atoms with Gasteiger partial charge in [-0.2, -0.15) is 23.3 Å². The van der Waals surface area contributed by atoms with Gasteiger partial charge in [0.15, 0.2) is 0 Å². The van der Waals surface area contributed by atoms with Crippen molar-refractivity contribution in [3.8, 4) is 0 Å². The van der Waals surface area contributed by atoms with E-state index in [1.807, 2.05) is 12.1 Å². The van der Waals surface area contributed by atoms with Crippen LogP contribution >= 0.6 is 0 Å². The average Bonchev–Trinajstić information content (AvgIpc) is 4.42. The molecule has 0 bridgehead atoms. The molecular weight excluding hydrogens is 1140 g/mol. The number of benzene rings is 10. The van der Waals surface area contributed by atoms with E-state index in [2.05, 4.69) is 316 Å². The minimum absolute atomic E-state index is 0. The van der Waals surface area contributed by atoms with Gasteiger partial charge in [-0.1, -0.05) is 133 Å². The fraction of sp³-hybridized carbons (Fsp3) is 0.0270. The zero-order valence-corrected chi connectivity index (χ0v) is 49.6. The van der Waals surface area contributed by atoms with Crippen molar-refractivity contribution in [3.05, 3.63) is 361 Å². The molecule has 0 atom stereocenters. The summed E-state index contributed by atoms with van der Waals surface area (Å²) in [6.07, 6.45) is 16.7. The van der Waals surface area contributed by atoms with E-state index in [0.29, 0.717) is 0 Å². The van der Waals surface area contributed by atoms with E-state index >= 15 is 0 Å². The Morgan fingerprint density at radius 1 is 0.282 bits per heavy atom. The molecule has 4 heteroatoms. The topological polar surface area (TPSA) is 0 Å². The van der Waals surface area contributed by atoms with E-state index in [9.17, 15) is 0 Å². The average molecular weight is 1200 g/mol. The van der Waals surface area contributed by atoms with Gasteiger partial charge in [0.05, 0.1) is 0 Å². The summed E-state index contributed by atoms with van der Waals surface area (Å²) in [6, 6.07) is 102. The quantitative estimate of drug-likeness (QED) is 0.146. The van der Waals surface area contributed by atoms with Gasteiger partial charge < -0.3 is 24.8 Å². The van der Waals surface area contributed by atoms with Crippen molar-refractivity contribution in [1.29, 1.82) is 0 Å². The molecule has 0 aromatic heterocycles. The Bertz CT molecular complexity index is 3430. The van der Waals surface area contributed by atoms with Gasteiger partial charge >= 0.3 is 198 Å². The normalized spacial score (nSPS) is 11.5. The molecule has 0 saturated carbocycles. The molecular formula is C74H56Cl2Zr2-2. The van der Waals surface area contributed by atoms with Crippen LogP contribution in [0.5, 0.6) is 0 Å². The zero-order chi connectivity index (χ0) is 52.0. The van der Waals surface area contributed by atoms with Crippen LogP contribution < -0.4 is 24.8 Å². The van der Waals surface area contributed by atoms with Crippen LogP contribution in [-0.2, 0) is 48.5 Å². The third-order valence-corrected chi connectivity index (χ3v) is 15.7. The summed E-state index contributed by atoms with van der Waals surface area (Å²) >= 11 is 2.92. The van der Waals surface area contributed by atoms with Crippen LogP contribution in [0.1, 0.15) is 46.2 Å². The van der Waals surface area contributed by atoms with Crippen molar-refractivity contribution in [2.24, 2.45) is 0 Å². The van der Waals surface area contributed by atoms with E-state index in [0.717, 1.165) is 12.8 Å². The molecule has 0 fully saturated rings. The van der Waals surface area contributed by atoms with E-state index < -0.39 is 0 Å². The predicted octanol–water partition coefficient (Wildman–Crippen LogP) is 12.7. The van der Waals surface area contributed by atoms with Crippen LogP contribution in [0.3, 0.4) is 0 Å². The zero-order valence-electron chi connectivity index (χ0n) is 43.2. The minimum atomic E-state index is 0. The number of rotatable bonds is 6. The fourth-order valence-corrected chi connectivity index (χ4v) is 10.7. The second kappa shape index (κ2) is 31.4. The summed E-state index contributed by atoms with van der Waals surface area (Å²) in [5.41, 5.74) is 10.5. The molecule has 14 rings (SSSR count). The van der Waals surface area contributed by atoms with Crippen LogP contribution in [-0.4, -0.2) is 6.41 Å². The van der Waals surface area contributed by atoms with Gasteiger partial charge in [0.1, 0.15) is 0 Å². The van der Waals surface area contributed by atoms with Crippen molar-refractivity contribution in [2.75, 3.05) is 0 Å². The van der Waals surface area contributed by atoms with Gasteiger partial charge in [0.2, 0.25) is 0 Å². The molecule has 0 amide bonds. The van der Waals surface area contributed by atoms with Gasteiger partial charge in [-0.05, 0) is 0 Å². The molecule has 12 aromatic carbocycles. The Morgan fingerprint density at radius 3 is 0.731 bits per heavy atom. The minimum Gasteiger partial charge on any atom is -0.126 e. The number of halogens is 2. The maximum absolute atomic E-state index is 3.15. The number of allylic oxidation sites excluding steroid dienone is 8. The number of fused-ring (bicyclic) bond motifs is 6. The first-order valence-electron chi connectivity index (χ1n) is 25.7. The van der Waals surface area contributed by atoms with Crippen molar-refractivity contribution < 1.29 is 73.3 Å². The Morgan fingerprint density at radius 2 is 0.500 bits per heavy atom. The Labute approximate surface area is 503 Å². The maximum Gasteiger partial charge on any atom is -0.0771 e. The standard InChI is InChI=1S/2C13H9.2C13H10.2C11H9.2ClH.2Zr/c2*1-3-7-12-10(5-1)9-11-6-2-4-8-13(11)12;2*1-3-7-12(8-4-1)11-13-9-5-2-6-10-13;2*1-2-6-10(7-3-1)11-8-4-5-9-11;;;;/h2*1-9H;2*1-10H;2*1-3,6-9H,4H2;2*1H;;/q2*-1;;;2*-1;;;2*+2/p-2. The maximum atomic E-state index is 3.15. The van der Waals surface area contributed by atoms with E-state index in [4.69, 9.17) is 0 Å². The molecule has 2 aliphatic carbocycles. The molecule has 2 aliphatic rings. The summed E-state index contributed by atoms with van der Waals surface area (Å²) in [6.45, 7) is 0. The monoisotopic (exact) mass is 1190 g/mol. The molecule has 376 valence electrons. The summed E-state index contributed by atoms with van der Waals surface area (Å²) in [7, 11) is 0. The summed E-state index contributed by atoms with van der Waals surface area (Å²) in [5.74, 6) is 0. The van der Waals surface area contributed by atoms with Crippen molar-refractivity contribution >= 4 is 60.6 Å². The molecule has 0 spiro atoms.